The smallest absolute Gasteiger partial charge is 0.242 e. The first kappa shape index (κ1) is 5.68. The molecule has 1 aliphatic heterocycles. The van der Waals surface area contributed by atoms with E-state index in [-0.39, 0.29) is 17.4 Å². The van der Waals surface area contributed by atoms with Crippen LogP contribution in [0.25, 0.3) is 0 Å². The van der Waals surface area contributed by atoms with Crippen LogP contribution in [0, 0.1) is 23.7 Å². The van der Waals surface area contributed by atoms with Crippen LogP contribution in [0.5, 0.6) is 0 Å². The molecule has 1 saturated heterocycles. The quantitative estimate of drug-likeness (QED) is 0.392. The lowest BCUT2D eigenvalue weighted by atomic mass is 10.1. The Kier molecular flexibility index (Phi) is 1.14. The number of amidine groups is 2. The van der Waals surface area contributed by atoms with E-state index >= 15 is 0 Å². The molecule has 0 atom stereocenters. The standard InChI is InChI=1S/C5H4N4/c6-3-1-4(7)9-5(8)2-3/h1-2,6-7H/q+2. The number of rotatable bonds is 0. The van der Waals surface area contributed by atoms with Crippen LogP contribution < -0.4 is 10.7 Å². The fourth-order valence-corrected chi connectivity index (χ4v) is 0.516. The summed E-state index contributed by atoms with van der Waals surface area (Å²) in [5.41, 5.74) is 0.104. The summed E-state index contributed by atoms with van der Waals surface area (Å²) in [7, 11) is 0. The highest BCUT2D eigenvalue weighted by Crippen LogP contribution is 1.96. The highest BCUT2D eigenvalue weighted by atomic mass is 15.0. The third kappa shape index (κ3) is 1.22. The molecule has 0 amide bonds. The van der Waals surface area contributed by atoms with Gasteiger partial charge in [-0.25, -0.2) is 10.8 Å². The van der Waals surface area contributed by atoms with E-state index in [1.54, 1.807) is 0 Å². The van der Waals surface area contributed by atoms with Gasteiger partial charge in [0.25, 0.3) is 12.8 Å². The van der Waals surface area contributed by atoms with Gasteiger partial charge in [0, 0.05) is 0 Å². The lowest BCUT2D eigenvalue weighted by molar-refractivity contribution is 1.24. The average molecular weight is 120 g/mol. The monoisotopic (exact) mass is 120 g/mol. The molecule has 0 bridgehead atoms. The number of nitrogens with one attached hydrogen (secondary N) is 2. The van der Waals surface area contributed by atoms with Gasteiger partial charge in [0.15, 0.2) is 0 Å². The van der Waals surface area contributed by atoms with Gasteiger partial charge in [0.1, 0.15) is 0 Å². The molecule has 1 rings (SSSR count). The largest absolute Gasteiger partial charge is 0.386 e. The Morgan fingerprint density at radius 1 is 1.33 bits per heavy atom. The van der Waals surface area contributed by atoms with Gasteiger partial charge in [-0.1, -0.05) is 5.41 Å². The molecule has 0 unspecified atom stereocenters. The van der Waals surface area contributed by atoms with Crippen molar-refractivity contribution in [2.24, 2.45) is 0 Å². The molecule has 4 nitrogen and oxygen atoms in total. The van der Waals surface area contributed by atoms with Crippen LogP contribution in [-0.4, -0.2) is 17.4 Å². The normalized spacial score (nSPS) is 18.0. The van der Waals surface area contributed by atoms with Crippen molar-refractivity contribution in [3.05, 3.63) is 12.8 Å². The Balaban J connectivity index is 2.64. The molecule has 0 saturated carbocycles. The Morgan fingerprint density at radius 3 is 2.44 bits per heavy atom. The van der Waals surface area contributed by atoms with Crippen molar-refractivity contribution >= 4 is 17.4 Å². The van der Waals surface area contributed by atoms with Gasteiger partial charge in [0.2, 0.25) is 0 Å². The van der Waals surface area contributed by atoms with E-state index < -0.39 is 0 Å². The fraction of sp³-hybridized carbons (Fsp3) is 0. The molecule has 0 aromatic heterocycles. The molecular weight excluding hydrogens is 116 g/mol. The van der Waals surface area contributed by atoms with Crippen molar-refractivity contribution in [1.29, 1.82) is 10.8 Å². The molecule has 1 aliphatic rings. The Labute approximate surface area is 52.8 Å². The first-order valence-corrected chi connectivity index (χ1v) is 2.33. The van der Waals surface area contributed by atoms with Crippen LogP contribution in [0.3, 0.4) is 0 Å². The van der Waals surface area contributed by atoms with E-state index in [2.05, 4.69) is 5.32 Å². The molecule has 0 aliphatic carbocycles. The zero-order valence-corrected chi connectivity index (χ0v) is 4.55. The molecule has 0 aromatic rings. The van der Waals surface area contributed by atoms with Crippen molar-refractivity contribution in [2.45, 2.75) is 0 Å². The van der Waals surface area contributed by atoms with E-state index in [0.717, 1.165) is 0 Å². The predicted molar refractivity (Wildman–Crippen MR) is 33.3 cm³/mol. The van der Waals surface area contributed by atoms with Crippen LogP contribution >= 0.6 is 0 Å². The van der Waals surface area contributed by atoms with Crippen molar-refractivity contribution in [1.82, 2.24) is 10.7 Å². The number of nitrogens with zero attached hydrogens (tertiary/aromatic N) is 2. The molecule has 0 spiro atoms. The Bertz CT molecular complexity index is 136. The van der Waals surface area contributed by atoms with Gasteiger partial charge in [0.05, 0.1) is 0 Å². The van der Waals surface area contributed by atoms with Gasteiger partial charge in [-0.3, -0.25) is 0 Å². The maximum absolute atomic E-state index is 8.64. The van der Waals surface area contributed by atoms with E-state index in [1.807, 2.05) is 0 Å². The van der Waals surface area contributed by atoms with Crippen molar-refractivity contribution in [3.8, 4) is 0 Å². The summed E-state index contributed by atoms with van der Waals surface area (Å²) in [4.78, 5) is 0. The molecule has 1 heterocycles. The minimum absolute atomic E-state index is 0.0833. The maximum atomic E-state index is 8.64. The third-order valence-corrected chi connectivity index (χ3v) is 0.812. The summed E-state index contributed by atoms with van der Waals surface area (Å²) in [6, 6.07) is 0. The second-order valence-corrected chi connectivity index (χ2v) is 1.60. The average Bonchev–Trinajstić information content (AvgIpc) is 1.59. The fourth-order valence-electron chi connectivity index (χ4n) is 0.516. The van der Waals surface area contributed by atoms with Crippen LogP contribution in [-0.2, 0) is 0 Å². The van der Waals surface area contributed by atoms with E-state index in [1.165, 1.54) is 12.8 Å². The molecule has 0 aromatic carbocycles. The lowest BCUT2D eigenvalue weighted by Crippen LogP contribution is -2.34. The summed E-state index contributed by atoms with van der Waals surface area (Å²) in [6.45, 7) is 0. The number of hydrogen-bond donors (Lipinski definition) is 2. The minimum atomic E-state index is -0.271. The van der Waals surface area contributed by atoms with Crippen LogP contribution in [0.4, 0.5) is 0 Å². The molecule has 1 fully saturated rings. The van der Waals surface area contributed by atoms with E-state index in [4.69, 9.17) is 16.2 Å². The molecule has 2 N–H and O–H groups in total. The lowest BCUT2D eigenvalue weighted by Gasteiger charge is -1.91. The van der Waals surface area contributed by atoms with Gasteiger partial charge in [-0.05, 0) is 0 Å². The second-order valence-electron chi connectivity index (χ2n) is 1.60. The van der Waals surface area contributed by atoms with Gasteiger partial charge >= 0.3 is 17.4 Å². The topological polar surface area (TPSA) is 84.1 Å². The van der Waals surface area contributed by atoms with Gasteiger partial charge in [-0.15, -0.1) is 5.32 Å². The van der Waals surface area contributed by atoms with Gasteiger partial charge in [-0.2, -0.15) is 0 Å². The van der Waals surface area contributed by atoms with Crippen molar-refractivity contribution in [3.63, 3.8) is 0 Å². The second kappa shape index (κ2) is 1.81. The highest BCUT2D eigenvalue weighted by Gasteiger charge is 2.37. The van der Waals surface area contributed by atoms with Crippen molar-refractivity contribution in [2.75, 3.05) is 0 Å². The Morgan fingerprint density at radius 2 is 2.00 bits per heavy atom. The molecular formula is C5H4N4+2. The number of piperidine rings is 1. The van der Waals surface area contributed by atoms with Crippen LogP contribution in [0.15, 0.2) is 0 Å². The SMILES string of the molecule is [N]=C1[CH+]C(=N)[CH+]C(=N)[N]1. The van der Waals surface area contributed by atoms with E-state index in [9.17, 15) is 0 Å². The Hall–Kier alpha value is -1.45. The zero-order valence-electron chi connectivity index (χ0n) is 4.55. The number of hydrogen-bond acceptors (Lipinski definition) is 2. The summed E-state index contributed by atoms with van der Waals surface area (Å²) >= 11 is 0. The molecule has 2 radical (unpaired) electrons. The molecule has 9 heavy (non-hydrogen) atoms. The highest BCUT2D eigenvalue weighted by molar-refractivity contribution is 6.32. The first-order chi connectivity index (χ1) is 4.18. The zero-order chi connectivity index (χ0) is 6.85. The summed E-state index contributed by atoms with van der Waals surface area (Å²) in [5.74, 6) is -0.354. The molecule has 42 valence electrons. The summed E-state index contributed by atoms with van der Waals surface area (Å²) < 4.78 is 0. The van der Waals surface area contributed by atoms with Crippen LogP contribution in [0.2, 0.25) is 0 Å². The van der Waals surface area contributed by atoms with Gasteiger partial charge < -0.3 is 0 Å². The first-order valence-electron chi connectivity index (χ1n) is 2.33. The van der Waals surface area contributed by atoms with E-state index in [0.29, 0.717) is 0 Å². The third-order valence-electron chi connectivity index (χ3n) is 0.812. The molecule has 4 heteroatoms. The predicted octanol–water partition coefficient (Wildman–Crippen LogP) is -0.791. The van der Waals surface area contributed by atoms with Crippen molar-refractivity contribution < 1.29 is 0 Å². The van der Waals surface area contributed by atoms with Crippen LogP contribution in [0.1, 0.15) is 0 Å². The summed E-state index contributed by atoms with van der Waals surface area (Å²) in [5, 5.41) is 25.8. The maximum Gasteiger partial charge on any atom is 0.386 e. The summed E-state index contributed by atoms with van der Waals surface area (Å²) in [6.07, 6.45) is 2.43. The minimum Gasteiger partial charge on any atom is -0.242 e.